The van der Waals surface area contributed by atoms with Gasteiger partial charge in [0.1, 0.15) is 0 Å². The van der Waals surface area contributed by atoms with E-state index in [1.165, 1.54) is 122 Å². The molecule has 0 amide bonds. The Balaban J connectivity index is 0. The normalized spacial score (nSPS) is 12.6. The topological polar surface area (TPSA) is 83.8 Å². The number of allylic oxidation sites excluding steroid dienone is 2. The second-order valence-corrected chi connectivity index (χ2v) is 11.3. The quantitative estimate of drug-likeness (QED) is 0.0714. The molecule has 0 aliphatic heterocycles. The van der Waals surface area contributed by atoms with E-state index in [0.717, 1.165) is 19.4 Å². The van der Waals surface area contributed by atoms with Crippen molar-refractivity contribution in [1.29, 1.82) is 0 Å². The summed E-state index contributed by atoms with van der Waals surface area (Å²) < 4.78 is 31.9. The molecule has 0 bridgehead atoms. The number of rotatable bonds is 25. The Hall–Kier alpha value is -0.430. The number of unbranched alkanes of at least 4 members (excludes halogenated alkanes) is 16. The van der Waals surface area contributed by atoms with E-state index < -0.39 is 10.1 Å². The number of hydrogen-bond donors (Lipinski definition) is 2. The highest BCUT2D eigenvalue weighted by atomic mass is 32.2. The zero-order valence-electron chi connectivity index (χ0n) is 23.5. The van der Waals surface area contributed by atoms with Gasteiger partial charge >= 0.3 is 0 Å². The van der Waals surface area contributed by atoms with Crippen molar-refractivity contribution in [3.05, 3.63) is 12.2 Å². The molecular weight excluding hydrogens is 460 g/mol. The summed E-state index contributed by atoms with van der Waals surface area (Å²) in [5.74, 6) is 0. The Bertz CT molecular complexity index is 511. The lowest BCUT2D eigenvalue weighted by molar-refractivity contribution is 0.0266. The van der Waals surface area contributed by atoms with Crippen LogP contribution in [0.25, 0.3) is 0 Å². The molecule has 0 unspecified atom stereocenters. The number of ether oxygens (including phenoxy) is 1. The van der Waals surface area contributed by atoms with E-state index in [1.54, 1.807) is 0 Å². The molecule has 212 valence electrons. The van der Waals surface area contributed by atoms with Crippen LogP contribution in [0.15, 0.2) is 12.2 Å². The summed E-state index contributed by atoms with van der Waals surface area (Å²) in [5, 5.41) is 9.30. The molecule has 0 saturated heterocycles. The van der Waals surface area contributed by atoms with Crippen LogP contribution >= 0.6 is 0 Å². The molecular formula is C29H60O5S. The average Bonchev–Trinajstić information content (AvgIpc) is 2.79. The maximum Gasteiger partial charge on any atom is 0.261 e. The molecule has 0 rings (SSSR count). The van der Waals surface area contributed by atoms with E-state index in [-0.39, 0.29) is 12.7 Å². The van der Waals surface area contributed by atoms with Crippen molar-refractivity contribution in [2.24, 2.45) is 0 Å². The number of aliphatic hydroxyl groups excluding tert-OH is 1. The van der Waals surface area contributed by atoms with Crippen molar-refractivity contribution in [3.8, 4) is 0 Å². The molecule has 0 aromatic rings. The van der Waals surface area contributed by atoms with E-state index in [0.29, 0.717) is 6.26 Å². The largest absolute Gasteiger partial charge is 0.396 e. The van der Waals surface area contributed by atoms with Crippen molar-refractivity contribution in [2.75, 3.05) is 19.5 Å². The average molecular weight is 521 g/mol. The molecule has 5 nitrogen and oxygen atoms in total. The fourth-order valence-corrected chi connectivity index (χ4v) is 4.03. The lowest BCUT2D eigenvalue weighted by atomic mass is 10.0. The van der Waals surface area contributed by atoms with Crippen LogP contribution in [-0.2, 0) is 14.9 Å². The van der Waals surface area contributed by atoms with E-state index in [1.807, 2.05) is 0 Å². The van der Waals surface area contributed by atoms with Crippen LogP contribution in [0.1, 0.15) is 149 Å². The minimum atomic E-state index is -3.67. The van der Waals surface area contributed by atoms with Gasteiger partial charge in [0.15, 0.2) is 0 Å². The third-order valence-electron chi connectivity index (χ3n) is 6.09. The molecule has 0 aliphatic rings. The van der Waals surface area contributed by atoms with Crippen LogP contribution in [0.5, 0.6) is 0 Å². The van der Waals surface area contributed by atoms with E-state index in [9.17, 15) is 13.5 Å². The molecule has 0 saturated carbocycles. The van der Waals surface area contributed by atoms with Gasteiger partial charge in [-0.25, -0.2) is 0 Å². The maximum atomic E-state index is 9.30. The summed E-state index contributed by atoms with van der Waals surface area (Å²) >= 11 is 0. The van der Waals surface area contributed by atoms with Gasteiger partial charge in [-0.2, -0.15) is 8.42 Å². The Morgan fingerprint density at radius 3 is 1.54 bits per heavy atom. The molecule has 0 spiro atoms. The summed E-state index contributed by atoms with van der Waals surface area (Å²) in [6.45, 7) is 5.68. The molecule has 0 fully saturated rings. The van der Waals surface area contributed by atoms with Gasteiger partial charge < -0.3 is 9.84 Å². The summed E-state index contributed by atoms with van der Waals surface area (Å²) in [7, 11) is -3.67. The van der Waals surface area contributed by atoms with Crippen molar-refractivity contribution < 1.29 is 22.8 Å². The SMILES string of the molecule is CCCCCCC=CCCCCCCO[C@@H](CCO)CCCCCCCCCCC.CS(=O)(=O)O. The van der Waals surface area contributed by atoms with Crippen LogP contribution in [0, 0.1) is 0 Å². The molecule has 0 radical (unpaired) electrons. The van der Waals surface area contributed by atoms with Crippen LogP contribution in [0.3, 0.4) is 0 Å². The molecule has 0 aromatic heterocycles. The molecule has 0 aliphatic carbocycles. The van der Waals surface area contributed by atoms with Gasteiger partial charge in [0.25, 0.3) is 10.1 Å². The third-order valence-corrected chi connectivity index (χ3v) is 6.09. The van der Waals surface area contributed by atoms with E-state index in [4.69, 9.17) is 9.29 Å². The Morgan fingerprint density at radius 2 is 1.06 bits per heavy atom. The van der Waals surface area contributed by atoms with Gasteiger partial charge in [-0.05, 0) is 44.9 Å². The summed E-state index contributed by atoms with van der Waals surface area (Å²) in [6, 6.07) is 0. The Labute approximate surface area is 219 Å². The zero-order chi connectivity index (χ0) is 26.5. The first-order valence-electron chi connectivity index (χ1n) is 14.6. The van der Waals surface area contributed by atoms with Gasteiger partial charge in [0.05, 0.1) is 12.4 Å². The first-order chi connectivity index (χ1) is 16.8. The highest BCUT2D eigenvalue weighted by molar-refractivity contribution is 7.85. The molecule has 35 heavy (non-hydrogen) atoms. The summed E-state index contributed by atoms with van der Waals surface area (Å²) in [6.07, 6.45) is 33.0. The van der Waals surface area contributed by atoms with Gasteiger partial charge in [-0.3, -0.25) is 4.55 Å². The molecule has 0 aromatic carbocycles. The van der Waals surface area contributed by atoms with Crippen molar-refractivity contribution in [3.63, 3.8) is 0 Å². The standard InChI is InChI=1S/C28H56O2.CH4O3S/c1-3-5-7-9-11-13-14-15-17-19-21-23-27-30-28(25-26-29)24-22-20-18-16-12-10-8-6-4-2;1-5(2,3)4/h13-14,28-29H,3-12,15-27H2,1-2H3;1H3,(H,2,3,4)/t28-;/m1./s1. The fourth-order valence-electron chi connectivity index (χ4n) is 4.03. The third kappa shape index (κ3) is 41.0. The van der Waals surface area contributed by atoms with Crippen LogP contribution in [-0.4, -0.2) is 43.7 Å². The first kappa shape index (κ1) is 36.7. The predicted octanol–water partition coefficient (Wildman–Crippen LogP) is 8.66. The summed E-state index contributed by atoms with van der Waals surface area (Å²) in [5.41, 5.74) is 0. The highest BCUT2D eigenvalue weighted by Crippen LogP contribution is 2.15. The molecule has 6 heteroatoms. The number of hydrogen-bond acceptors (Lipinski definition) is 4. The van der Waals surface area contributed by atoms with Crippen LogP contribution in [0.4, 0.5) is 0 Å². The minimum absolute atomic E-state index is 0.257. The monoisotopic (exact) mass is 520 g/mol. The summed E-state index contributed by atoms with van der Waals surface area (Å²) in [4.78, 5) is 0. The van der Waals surface area contributed by atoms with Crippen LogP contribution in [0.2, 0.25) is 0 Å². The van der Waals surface area contributed by atoms with Crippen molar-refractivity contribution in [2.45, 2.75) is 155 Å². The van der Waals surface area contributed by atoms with Gasteiger partial charge in [-0.15, -0.1) is 0 Å². The Kier molecular flexibility index (Phi) is 31.3. The molecule has 2 N–H and O–H groups in total. The van der Waals surface area contributed by atoms with Crippen molar-refractivity contribution >= 4 is 10.1 Å². The number of aliphatic hydroxyl groups is 1. The fraction of sp³-hybridized carbons (Fsp3) is 0.931. The van der Waals surface area contributed by atoms with Gasteiger partial charge in [0, 0.05) is 13.2 Å². The second kappa shape index (κ2) is 29.8. The van der Waals surface area contributed by atoms with Crippen molar-refractivity contribution in [1.82, 2.24) is 0 Å². The predicted molar refractivity (Wildman–Crippen MR) is 152 cm³/mol. The highest BCUT2D eigenvalue weighted by Gasteiger charge is 2.08. The molecule has 1 atom stereocenters. The first-order valence-corrected chi connectivity index (χ1v) is 16.5. The second-order valence-electron chi connectivity index (χ2n) is 9.88. The Morgan fingerprint density at radius 1 is 0.657 bits per heavy atom. The molecule has 0 heterocycles. The minimum Gasteiger partial charge on any atom is -0.396 e. The van der Waals surface area contributed by atoms with E-state index in [2.05, 4.69) is 26.0 Å². The maximum absolute atomic E-state index is 9.30. The van der Waals surface area contributed by atoms with E-state index >= 15 is 0 Å². The van der Waals surface area contributed by atoms with Crippen LogP contribution < -0.4 is 0 Å². The van der Waals surface area contributed by atoms with Gasteiger partial charge in [0.2, 0.25) is 0 Å². The lowest BCUT2D eigenvalue weighted by Gasteiger charge is -2.17. The van der Waals surface area contributed by atoms with Gasteiger partial charge in [-0.1, -0.05) is 116 Å². The lowest BCUT2D eigenvalue weighted by Crippen LogP contribution is -2.15. The smallest absolute Gasteiger partial charge is 0.261 e. The zero-order valence-corrected chi connectivity index (χ0v) is 24.3.